The fourth-order valence-electron chi connectivity index (χ4n) is 6.33. The maximum atomic E-state index is 12.8. The van der Waals surface area contributed by atoms with Crippen LogP contribution in [0.4, 0.5) is 0 Å². The minimum absolute atomic E-state index is 0.0226. The van der Waals surface area contributed by atoms with E-state index in [9.17, 15) is 28.5 Å². The highest BCUT2D eigenvalue weighted by Crippen LogP contribution is 2.26. The Kier molecular flexibility index (Phi) is 32.1. The third-order valence-corrected chi connectivity index (χ3v) is 9.99. The maximum Gasteiger partial charge on any atom is 0.397 e. The summed E-state index contributed by atoms with van der Waals surface area (Å²) in [6.07, 6.45) is 29.0. The van der Waals surface area contributed by atoms with Crippen molar-refractivity contribution >= 4 is 16.4 Å². The molecular weight excluding hydrogens is 729 g/mol. The normalized spacial score (nSPS) is 21.3. The number of carbonyl (C=O) groups is 1. The summed E-state index contributed by atoms with van der Waals surface area (Å²) in [5, 5.41) is 30.6. The molecule has 0 amide bonds. The van der Waals surface area contributed by atoms with Crippen molar-refractivity contribution in [2.24, 2.45) is 0 Å². The fourth-order valence-corrected chi connectivity index (χ4v) is 6.84. The first-order valence-electron chi connectivity index (χ1n) is 21.2. The highest BCUT2D eigenvalue weighted by Gasteiger charge is 2.48. The molecule has 0 aromatic rings. The summed E-state index contributed by atoms with van der Waals surface area (Å²) in [5.41, 5.74) is 0. The van der Waals surface area contributed by atoms with E-state index in [1.807, 2.05) is 0 Å². The van der Waals surface area contributed by atoms with Crippen LogP contribution in [0.15, 0.2) is 36.5 Å². The van der Waals surface area contributed by atoms with Crippen molar-refractivity contribution in [2.45, 2.75) is 198 Å². The van der Waals surface area contributed by atoms with Crippen molar-refractivity contribution in [3.8, 4) is 0 Å². The molecule has 55 heavy (non-hydrogen) atoms. The number of ether oxygens (including phenoxy) is 4. The van der Waals surface area contributed by atoms with E-state index in [-0.39, 0.29) is 19.6 Å². The van der Waals surface area contributed by atoms with Crippen molar-refractivity contribution < 1.29 is 56.2 Å². The molecule has 1 rings (SSSR count). The average molecular weight is 805 g/mol. The minimum atomic E-state index is -5.06. The van der Waals surface area contributed by atoms with Crippen molar-refractivity contribution in [1.29, 1.82) is 0 Å². The smallest absolute Gasteiger partial charge is 0.397 e. The Morgan fingerprint density at radius 3 is 1.84 bits per heavy atom. The van der Waals surface area contributed by atoms with Crippen LogP contribution in [0, 0.1) is 0 Å². The topological polar surface area (TPSA) is 178 Å². The summed E-state index contributed by atoms with van der Waals surface area (Å²) in [6, 6.07) is 0. The molecule has 0 aliphatic carbocycles. The number of esters is 1. The molecule has 1 heterocycles. The van der Waals surface area contributed by atoms with E-state index in [1.165, 1.54) is 64.2 Å². The summed E-state index contributed by atoms with van der Waals surface area (Å²) in [4.78, 5) is 12.8. The van der Waals surface area contributed by atoms with Crippen LogP contribution in [0.5, 0.6) is 0 Å². The Bertz CT molecular complexity index is 1110. The van der Waals surface area contributed by atoms with Crippen molar-refractivity contribution in [2.75, 3.05) is 26.4 Å². The van der Waals surface area contributed by atoms with Crippen LogP contribution in [-0.2, 0) is 38.3 Å². The van der Waals surface area contributed by atoms with E-state index in [0.717, 1.165) is 70.6 Å². The molecule has 1 aliphatic rings. The van der Waals surface area contributed by atoms with Crippen LogP contribution >= 0.6 is 0 Å². The lowest BCUT2D eigenvalue weighted by atomic mass is 9.99. The Balaban J connectivity index is 2.48. The third-order valence-electron chi connectivity index (χ3n) is 9.53. The molecule has 12 nitrogen and oxygen atoms in total. The van der Waals surface area contributed by atoms with Gasteiger partial charge in [0.2, 0.25) is 0 Å². The van der Waals surface area contributed by atoms with Gasteiger partial charge in [0, 0.05) is 13.0 Å². The maximum absolute atomic E-state index is 12.8. The van der Waals surface area contributed by atoms with Crippen LogP contribution in [0.3, 0.4) is 0 Å². The van der Waals surface area contributed by atoms with Gasteiger partial charge in [-0.1, -0.05) is 147 Å². The first-order chi connectivity index (χ1) is 26.6. The number of hydrogen-bond acceptors (Lipinski definition) is 11. The molecule has 1 fully saturated rings. The second-order valence-corrected chi connectivity index (χ2v) is 15.6. The van der Waals surface area contributed by atoms with Gasteiger partial charge in [-0.2, -0.15) is 8.42 Å². The van der Waals surface area contributed by atoms with Crippen LogP contribution in [-0.4, -0.2) is 97.5 Å². The lowest BCUT2D eigenvalue weighted by molar-refractivity contribution is -0.301. The molecule has 1 saturated heterocycles. The number of unbranched alkanes of at least 4 members (excludes halogenated alkanes) is 17. The van der Waals surface area contributed by atoms with Crippen LogP contribution in [0.25, 0.3) is 0 Å². The molecule has 322 valence electrons. The van der Waals surface area contributed by atoms with Crippen molar-refractivity contribution in [3.63, 3.8) is 0 Å². The molecule has 0 aromatic heterocycles. The van der Waals surface area contributed by atoms with Gasteiger partial charge < -0.3 is 34.3 Å². The molecule has 6 atom stereocenters. The summed E-state index contributed by atoms with van der Waals surface area (Å²) in [7, 11) is -5.06. The van der Waals surface area contributed by atoms with Gasteiger partial charge in [0.15, 0.2) is 6.29 Å². The zero-order chi connectivity index (χ0) is 40.4. The molecule has 4 N–H and O–H groups in total. The SMILES string of the molecule is CC/C=C\C/C=C\C/C=C\CCCCCCOCC(COC1OC(CO)C(O)C(OS(=O)(=O)O)C1O)OC(=O)CCCCCCCCCCCCCCCC. The molecule has 6 unspecified atom stereocenters. The number of carbonyl (C=O) groups excluding carboxylic acids is 1. The molecule has 13 heteroatoms. The van der Waals surface area contributed by atoms with E-state index >= 15 is 0 Å². The first-order valence-corrected chi connectivity index (χ1v) is 22.6. The summed E-state index contributed by atoms with van der Waals surface area (Å²) in [5.74, 6) is -0.408. The summed E-state index contributed by atoms with van der Waals surface area (Å²) < 4.78 is 58.9. The Morgan fingerprint density at radius 2 is 1.25 bits per heavy atom. The van der Waals surface area contributed by atoms with Gasteiger partial charge in [-0.15, -0.1) is 0 Å². The summed E-state index contributed by atoms with van der Waals surface area (Å²) >= 11 is 0. The molecule has 0 spiro atoms. The van der Waals surface area contributed by atoms with E-state index in [4.69, 9.17) is 23.5 Å². The van der Waals surface area contributed by atoms with Gasteiger partial charge in [-0.3, -0.25) is 9.35 Å². The second kappa shape index (κ2) is 34.4. The number of allylic oxidation sites excluding steroid dienone is 6. The standard InChI is InChI=1S/C42H76O12S/c1-3-5-7-9-11-13-15-17-19-21-23-25-27-29-31-38(44)52-36(34-50-32-30-28-26-24-22-20-18-16-14-12-10-8-6-4-2)35-51-42-40(46)41(54-55(47,48)49)39(45)37(33-43)53-42/h6,8,12,14,18,20,36-37,39-43,45-46H,3-5,7,9-11,13,15-17,19,21-35H2,1-2H3,(H,47,48,49)/b8-6-,14-12-,20-18-. The number of aliphatic hydroxyl groups is 3. The molecule has 1 aliphatic heterocycles. The minimum Gasteiger partial charge on any atom is -0.457 e. The molecule has 0 saturated carbocycles. The lowest BCUT2D eigenvalue weighted by Gasteiger charge is -2.41. The van der Waals surface area contributed by atoms with Gasteiger partial charge in [-0.25, -0.2) is 4.18 Å². The van der Waals surface area contributed by atoms with Gasteiger partial charge in [0.1, 0.15) is 30.5 Å². The molecule has 0 bridgehead atoms. The Morgan fingerprint density at radius 1 is 0.709 bits per heavy atom. The molecule has 0 radical (unpaired) electrons. The van der Waals surface area contributed by atoms with Gasteiger partial charge in [0.25, 0.3) is 0 Å². The third kappa shape index (κ3) is 28.4. The van der Waals surface area contributed by atoms with E-state index in [0.29, 0.717) is 13.0 Å². The molecule has 0 aromatic carbocycles. The van der Waals surface area contributed by atoms with E-state index < -0.39 is 59.8 Å². The predicted molar refractivity (Wildman–Crippen MR) is 216 cm³/mol. The van der Waals surface area contributed by atoms with Crippen LogP contribution in [0.2, 0.25) is 0 Å². The van der Waals surface area contributed by atoms with Gasteiger partial charge >= 0.3 is 16.4 Å². The average Bonchev–Trinajstić information content (AvgIpc) is 3.15. The highest BCUT2D eigenvalue weighted by molar-refractivity contribution is 7.80. The number of hydrogen-bond donors (Lipinski definition) is 4. The van der Waals surface area contributed by atoms with Gasteiger partial charge in [0.05, 0.1) is 19.8 Å². The van der Waals surface area contributed by atoms with E-state index in [1.54, 1.807) is 0 Å². The highest BCUT2D eigenvalue weighted by atomic mass is 32.3. The van der Waals surface area contributed by atoms with Crippen LogP contribution < -0.4 is 0 Å². The summed E-state index contributed by atoms with van der Waals surface area (Å²) in [6.45, 7) is 3.82. The lowest BCUT2D eigenvalue weighted by Crippen LogP contribution is -2.60. The molecular formula is C42H76O12S. The predicted octanol–water partition coefficient (Wildman–Crippen LogP) is 8.24. The number of rotatable bonds is 36. The fraction of sp³-hybridized carbons (Fsp3) is 0.833. The van der Waals surface area contributed by atoms with E-state index in [2.05, 4.69) is 54.5 Å². The largest absolute Gasteiger partial charge is 0.457 e. The number of aliphatic hydroxyl groups excluding tert-OH is 3. The van der Waals surface area contributed by atoms with Crippen molar-refractivity contribution in [1.82, 2.24) is 0 Å². The van der Waals surface area contributed by atoms with Crippen molar-refractivity contribution in [3.05, 3.63) is 36.5 Å². The zero-order valence-corrected chi connectivity index (χ0v) is 34.8. The second-order valence-electron chi connectivity index (χ2n) is 14.6. The monoisotopic (exact) mass is 805 g/mol. The van der Waals surface area contributed by atoms with Crippen LogP contribution in [0.1, 0.15) is 162 Å². The zero-order valence-electron chi connectivity index (χ0n) is 34.0. The quantitative estimate of drug-likeness (QED) is 0.0207. The first kappa shape index (κ1) is 51.3. The Labute approximate surface area is 333 Å². The van der Waals surface area contributed by atoms with Gasteiger partial charge in [-0.05, 0) is 44.9 Å². The Hall–Kier alpha value is -1.68.